The second-order valence-corrected chi connectivity index (χ2v) is 6.53. The molecule has 0 unspecified atom stereocenters. The van der Waals surface area contributed by atoms with Crippen LogP contribution in [-0.4, -0.2) is 50.8 Å². The Bertz CT molecular complexity index is 738. The van der Waals surface area contributed by atoms with Crippen LogP contribution in [0.5, 0.6) is 0 Å². The third kappa shape index (κ3) is 3.08. The molecule has 1 atom stereocenters. The summed E-state index contributed by atoms with van der Waals surface area (Å²) in [6, 6.07) is 3.52. The lowest BCUT2D eigenvalue weighted by Crippen LogP contribution is -2.32. The number of hydrogen-bond acceptors (Lipinski definition) is 7. The van der Waals surface area contributed by atoms with Gasteiger partial charge in [0.1, 0.15) is 0 Å². The third-order valence-corrected chi connectivity index (χ3v) is 4.90. The highest BCUT2D eigenvalue weighted by molar-refractivity contribution is 5.92. The van der Waals surface area contributed by atoms with Crippen molar-refractivity contribution in [3.05, 3.63) is 29.5 Å². The molecule has 2 aliphatic rings. The van der Waals surface area contributed by atoms with Gasteiger partial charge in [0.2, 0.25) is 5.89 Å². The van der Waals surface area contributed by atoms with E-state index in [-0.39, 0.29) is 11.9 Å². The Balaban J connectivity index is 1.50. The second-order valence-electron chi connectivity index (χ2n) is 6.53. The largest absolute Gasteiger partial charge is 0.355 e. The Morgan fingerprint density at radius 3 is 2.72 bits per heavy atom. The number of carbonyl (C=O) groups excluding carboxylic acids is 1. The van der Waals surface area contributed by atoms with E-state index in [2.05, 4.69) is 25.2 Å². The van der Waals surface area contributed by atoms with E-state index in [1.54, 1.807) is 11.0 Å². The van der Waals surface area contributed by atoms with Crippen LogP contribution in [0.25, 0.3) is 0 Å². The molecule has 132 valence electrons. The topological polar surface area (TPSA) is 88.3 Å². The number of aromatic nitrogens is 4. The lowest BCUT2D eigenvalue weighted by Gasteiger charge is -2.22. The SMILES string of the molecule is CCc1nc([C@@H]2CCCN2C(=O)c2ccc(N3CCCC3)nn2)no1. The number of hydrogen-bond donors (Lipinski definition) is 0. The molecule has 8 heteroatoms. The van der Waals surface area contributed by atoms with Crippen LogP contribution in [0, 0.1) is 0 Å². The van der Waals surface area contributed by atoms with Gasteiger partial charge >= 0.3 is 0 Å². The molecule has 0 aliphatic carbocycles. The lowest BCUT2D eigenvalue weighted by atomic mass is 10.2. The summed E-state index contributed by atoms with van der Waals surface area (Å²) in [5.41, 5.74) is 0.369. The summed E-state index contributed by atoms with van der Waals surface area (Å²) < 4.78 is 5.20. The van der Waals surface area contributed by atoms with E-state index in [0.29, 0.717) is 30.4 Å². The van der Waals surface area contributed by atoms with Gasteiger partial charge in [-0.3, -0.25) is 4.79 Å². The van der Waals surface area contributed by atoms with E-state index in [4.69, 9.17) is 4.52 Å². The van der Waals surface area contributed by atoms with Crippen molar-refractivity contribution in [2.75, 3.05) is 24.5 Å². The molecule has 8 nitrogen and oxygen atoms in total. The molecule has 0 radical (unpaired) electrons. The zero-order chi connectivity index (χ0) is 17.2. The molecule has 2 aliphatic heterocycles. The molecule has 4 heterocycles. The Morgan fingerprint density at radius 2 is 2.04 bits per heavy atom. The molecular formula is C17H22N6O2. The molecule has 2 saturated heterocycles. The Kier molecular flexibility index (Phi) is 4.33. The summed E-state index contributed by atoms with van der Waals surface area (Å²) in [6.07, 6.45) is 4.82. The molecule has 25 heavy (non-hydrogen) atoms. The van der Waals surface area contributed by atoms with Crippen LogP contribution in [-0.2, 0) is 6.42 Å². The fourth-order valence-electron chi connectivity index (χ4n) is 3.53. The number of carbonyl (C=O) groups is 1. The number of nitrogens with zero attached hydrogens (tertiary/aromatic N) is 6. The smallest absolute Gasteiger partial charge is 0.274 e. The molecule has 0 saturated carbocycles. The van der Waals surface area contributed by atoms with Crippen LogP contribution in [0.2, 0.25) is 0 Å². The number of amides is 1. The Hall–Kier alpha value is -2.51. The van der Waals surface area contributed by atoms with Crippen molar-refractivity contribution in [3.63, 3.8) is 0 Å². The molecule has 2 aromatic rings. The van der Waals surface area contributed by atoms with Gasteiger partial charge in [-0.15, -0.1) is 10.2 Å². The summed E-state index contributed by atoms with van der Waals surface area (Å²) in [4.78, 5) is 21.2. The van der Waals surface area contributed by atoms with Crippen molar-refractivity contribution in [2.24, 2.45) is 0 Å². The van der Waals surface area contributed by atoms with Crippen molar-refractivity contribution < 1.29 is 9.32 Å². The van der Waals surface area contributed by atoms with Gasteiger partial charge in [0.05, 0.1) is 6.04 Å². The van der Waals surface area contributed by atoms with E-state index in [1.165, 1.54) is 12.8 Å². The van der Waals surface area contributed by atoms with Crippen LogP contribution >= 0.6 is 0 Å². The molecule has 2 fully saturated rings. The minimum absolute atomic E-state index is 0.120. The van der Waals surface area contributed by atoms with Crippen LogP contribution in [0.4, 0.5) is 5.82 Å². The maximum absolute atomic E-state index is 12.9. The zero-order valence-corrected chi connectivity index (χ0v) is 14.4. The van der Waals surface area contributed by atoms with E-state index in [1.807, 2.05) is 13.0 Å². The van der Waals surface area contributed by atoms with Gasteiger partial charge in [0.15, 0.2) is 17.3 Å². The molecular weight excluding hydrogens is 320 g/mol. The van der Waals surface area contributed by atoms with Crippen molar-refractivity contribution in [3.8, 4) is 0 Å². The van der Waals surface area contributed by atoms with Gasteiger partial charge in [-0.05, 0) is 37.8 Å². The van der Waals surface area contributed by atoms with E-state index in [9.17, 15) is 4.79 Å². The standard InChI is InChI=1S/C17H22N6O2/c1-2-15-18-16(21-25-15)13-6-5-11-23(13)17(24)12-7-8-14(20-19-12)22-9-3-4-10-22/h7-8,13H,2-6,9-11H2,1H3/t13-/m0/s1. The van der Waals surface area contributed by atoms with Crippen molar-refractivity contribution in [1.29, 1.82) is 0 Å². The van der Waals surface area contributed by atoms with E-state index in [0.717, 1.165) is 31.7 Å². The van der Waals surface area contributed by atoms with Crippen molar-refractivity contribution >= 4 is 11.7 Å². The minimum Gasteiger partial charge on any atom is -0.355 e. The predicted molar refractivity (Wildman–Crippen MR) is 90.2 cm³/mol. The summed E-state index contributed by atoms with van der Waals surface area (Å²) in [6.45, 7) is 4.66. The average Bonchev–Trinajstić information content (AvgIpc) is 3.42. The van der Waals surface area contributed by atoms with Crippen LogP contribution in [0.15, 0.2) is 16.7 Å². The molecule has 4 rings (SSSR count). The number of aryl methyl sites for hydroxylation is 1. The summed E-state index contributed by atoms with van der Waals surface area (Å²) in [5, 5.41) is 12.5. The molecule has 2 aromatic heterocycles. The van der Waals surface area contributed by atoms with Gasteiger partial charge in [0, 0.05) is 26.1 Å². The quantitative estimate of drug-likeness (QED) is 0.839. The maximum atomic E-state index is 12.9. The Labute approximate surface area is 146 Å². The maximum Gasteiger partial charge on any atom is 0.274 e. The first kappa shape index (κ1) is 16.0. The van der Waals surface area contributed by atoms with Gasteiger partial charge in [-0.25, -0.2) is 0 Å². The summed E-state index contributed by atoms with van der Waals surface area (Å²) in [7, 11) is 0. The predicted octanol–water partition coefficient (Wildman–Crippen LogP) is 2.00. The fraction of sp³-hybridized carbons (Fsp3) is 0.588. The Morgan fingerprint density at radius 1 is 1.20 bits per heavy atom. The van der Waals surface area contributed by atoms with E-state index >= 15 is 0 Å². The van der Waals surface area contributed by atoms with Crippen LogP contribution in [0.3, 0.4) is 0 Å². The van der Waals surface area contributed by atoms with Crippen LogP contribution in [0.1, 0.15) is 60.9 Å². The minimum atomic E-state index is -0.142. The van der Waals surface area contributed by atoms with E-state index < -0.39 is 0 Å². The van der Waals surface area contributed by atoms with Gasteiger partial charge in [0.25, 0.3) is 5.91 Å². The first-order valence-electron chi connectivity index (χ1n) is 8.98. The molecule has 0 bridgehead atoms. The molecule has 0 spiro atoms. The lowest BCUT2D eigenvalue weighted by molar-refractivity contribution is 0.0721. The third-order valence-electron chi connectivity index (χ3n) is 4.90. The highest BCUT2D eigenvalue weighted by Crippen LogP contribution is 2.31. The number of likely N-dealkylation sites (tertiary alicyclic amines) is 1. The number of rotatable bonds is 4. The fourth-order valence-corrected chi connectivity index (χ4v) is 3.53. The summed E-state index contributed by atoms with van der Waals surface area (Å²) in [5.74, 6) is 1.91. The van der Waals surface area contributed by atoms with Gasteiger partial charge in [-0.1, -0.05) is 12.1 Å². The monoisotopic (exact) mass is 342 g/mol. The highest BCUT2D eigenvalue weighted by Gasteiger charge is 2.34. The van der Waals surface area contributed by atoms with Crippen molar-refractivity contribution in [1.82, 2.24) is 25.2 Å². The normalized spacial score (nSPS) is 20.4. The van der Waals surface area contributed by atoms with Gasteiger partial charge < -0.3 is 14.3 Å². The first-order valence-corrected chi connectivity index (χ1v) is 8.98. The average molecular weight is 342 g/mol. The molecule has 1 amide bonds. The second kappa shape index (κ2) is 6.78. The number of anilines is 1. The zero-order valence-electron chi connectivity index (χ0n) is 14.4. The first-order chi connectivity index (χ1) is 12.3. The van der Waals surface area contributed by atoms with Gasteiger partial charge in [-0.2, -0.15) is 4.98 Å². The van der Waals surface area contributed by atoms with Crippen molar-refractivity contribution in [2.45, 2.75) is 45.1 Å². The summed E-state index contributed by atoms with van der Waals surface area (Å²) >= 11 is 0. The molecule has 0 aromatic carbocycles. The highest BCUT2D eigenvalue weighted by atomic mass is 16.5. The molecule has 0 N–H and O–H groups in total. The van der Waals surface area contributed by atoms with Crippen LogP contribution < -0.4 is 4.90 Å².